The van der Waals surface area contributed by atoms with Crippen molar-refractivity contribution < 1.29 is 13.2 Å². The summed E-state index contributed by atoms with van der Waals surface area (Å²) in [5.41, 5.74) is 0.924. The van der Waals surface area contributed by atoms with Crippen molar-refractivity contribution in [2.45, 2.75) is 30.6 Å². The molecule has 0 amide bonds. The Kier molecular flexibility index (Phi) is 9.06. The average molecular weight is 539 g/mol. The van der Waals surface area contributed by atoms with Crippen LogP contribution in [0.4, 0.5) is 11.8 Å². The molecule has 0 radical (unpaired) electrons. The summed E-state index contributed by atoms with van der Waals surface area (Å²) in [4.78, 5) is 12.3. The Morgan fingerprint density at radius 2 is 1.53 bits per heavy atom. The Hall–Kier alpha value is -2.79. The number of fused-ring (bicyclic) bond motifs is 1. The van der Waals surface area contributed by atoms with Gasteiger partial charge in [-0.2, -0.15) is 4.98 Å². The summed E-state index contributed by atoms with van der Waals surface area (Å²) in [7, 11) is -3.45. The molecule has 3 N–H and O–H groups in total. The van der Waals surface area contributed by atoms with E-state index < -0.39 is 10.0 Å². The van der Waals surface area contributed by atoms with E-state index in [2.05, 4.69) is 26.3 Å². The normalized spacial score (nSPS) is 20.8. The number of morpholine rings is 1. The standard InChI is InChI=1S/C28H38N6O3S/c35-38(36,24-6-2-1-3-7-24)31-21-23-12-10-22(11-13-23)20-30-28-32-26-9-5-4-8-25(26)27(33-28)29-14-15-34-16-18-37-19-17-34/h1-9,22-23,31H,10-21H2,(H2,29,30,32,33)/t22-,23-. The molecule has 9 nitrogen and oxygen atoms in total. The first-order valence-corrected chi connectivity index (χ1v) is 15.1. The Bertz CT molecular complexity index is 1280. The third-order valence-electron chi connectivity index (χ3n) is 7.56. The van der Waals surface area contributed by atoms with Crippen molar-refractivity contribution in [3.63, 3.8) is 0 Å². The van der Waals surface area contributed by atoms with Gasteiger partial charge in [0.25, 0.3) is 0 Å². The topological polar surface area (TPSA) is 108 Å². The Labute approximate surface area is 225 Å². The van der Waals surface area contributed by atoms with Gasteiger partial charge in [0.1, 0.15) is 5.82 Å². The second-order valence-electron chi connectivity index (χ2n) is 10.2. The van der Waals surface area contributed by atoms with Crippen molar-refractivity contribution in [1.29, 1.82) is 0 Å². The largest absolute Gasteiger partial charge is 0.379 e. The van der Waals surface area contributed by atoms with E-state index in [0.29, 0.717) is 29.2 Å². The van der Waals surface area contributed by atoms with Crippen LogP contribution in [0.25, 0.3) is 10.9 Å². The van der Waals surface area contributed by atoms with Crippen LogP contribution in [0.15, 0.2) is 59.5 Å². The lowest BCUT2D eigenvalue weighted by Crippen LogP contribution is -2.39. The maximum Gasteiger partial charge on any atom is 0.240 e. The SMILES string of the molecule is O=S(=O)(NC[C@H]1CC[C@H](CNc2nc(NCCN3CCOCC3)c3ccccc3n2)CC1)c1ccccc1. The van der Waals surface area contributed by atoms with Crippen molar-refractivity contribution in [1.82, 2.24) is 19.6 Å². The molecule has 1 aromatic heterocycles. The van der Waals surface area contributed by atoms with E-state index in [1.54, 1.807) is 24.3 Å². The molecule has 2 aromatic carbocycles. The summed E-state index contributed by atoms with van der Waals surface area (Å²) in [5.74, 6) is 2.39. The molecular formula is C28H38N6O3S. The van der Waals surface area contributed by atoms with Gasteiger partial charge in [-0.1, -0.05) is 30.3 Å². The molecule has 3 aromatic rings. The van der Waals surface area contributed by atoms with Crippen molar-refractivity contribution in [2.24, 2.45) is 11.8 Å². The Morgan fingerprint density at radius 3 is 2.29 bits per heavy atom. The summed E-state index contributed by atoms with van der Waals surface area (Å²) >= 11 is 0. The molecule has 1 saturated carbocycles. The average Bonchev–Trinajstić information content (AvgIpc) is 2.96. The minimum Gasteiger partial charge on any atom is -0.379 e. The summed E-state index contributed by atoms with van der Waals surface area (Å²) in [5, 5.41) is 8.03. The lowest BCUT2D eigenvalue weighted by atomic mass is 9.82. The van der Waals surface area contributed by atoms with Crippen LogP contribution in [0, 0.1) is 11.8 Å². The summed E-state index contributed by atoms with van der Waals surface area (Å²) in [6.07, 6.45) is 4.14. The second-order valence-corrected chi connectivity index (χ2v) is 12.0. The monoisotopic (exact) mass is 538 g/mol. The molecule has 0 bridgehead atoms. The number of benzene rings is 2. The maximum atomic E-state index is 12.5. The van der Waals surface area contributed by atoms with Crippen LogP contribution in [-0.4, -0.2) is 75.8 Å². The van der Waals surface area contributed by atoms with Crippen LogP contribution in [0.1, 0.15) is 25.7 Å². The summed E-state index contributed by atoms with van der Waals surface area (Å²) in [6.45, 7) is 6.62. The minimum atomic E-state index is -3.45. The highest BCUT2D eigenvalue weighted by Crippen LogP contribution is 2.29. The van der Waals surface area contributed by atoms with Crippen LogP contribution < -0.4 is 15.4 Å². The van der Waals surface area contributed by atoms with E-state index in [1.807, 2.05) is 24.3 Å². The van der Waals surface area contributed by atoms with E-state index in [9.17, 15) is 8.42 Å². The first-order valence-electron chi connectivity index (χ1n) is 13.7. The number of nitrogens with one attached hydrogen (secondary N) is 3. The van der Waals surface area contributed by atoms with Crippen LogP contribution in [-0.2, 0) is 14.8 Å². The zero-order valence-corrected chi connectivity index (χ0v) is 22.6. The molecule has 10 heteroatoms. The van der Waals surface area contributed by atoms with Crippen LogP contribution in [0.3, 0.4) is 0 Å². The van der Waals surface area contributed by atoms with Crippen LogP contribution in [0.2, 0.25) is 0 Å². The zero-order chi connectivity index (χ0) is 26.2. The van der Waals surface area contributed by atoms with Gasteiger partial charge in [0.15, 0.2) is 0 Å². The second kappa shape index (κ2) is 12.8. The molecule has 2 heterocycles. The number of aromatic nitrogens is 2. The number of hydrogen-bond acceptors (Lipinski definition) is 8. The molecule has 0 atom stereocenters. The number of rotatable bonds is 11. The predicted molar refractivity (Wildman–Crippen MR) is 151 cm³/mol. The molecule has 2 fully saturated rings. The number of nitrogens with zero attached hydrogens (tertiary/aromatic N) is 3. The van der Waals surface area contributed by atoms with E-state index in [4.69, 9.17) is 14.7 Å². The molecule has 5 rings (SSSR count). The summed E-state index contributed by atoms with van der Waals surface area (Å²) < 4.78 is 33.3. The molecule has 204 valence electrons. The maximum absolute atomic E-state index is 12.5. The van der Waals surface area contributed by atoms with E-state index >= 15 is 0 Å². The van der Waals surface area contributed by atoms with Crippen molar-refractivity contribution in [3.8, 4) is 0 Å². The first kappa shape index (κ1) is 26.8. The van der Waals surface area contributed by atoms with Gasteiger partial charge in [-0.25, -0.2) is 18.1 Å². The quantitative estimate of drug-likeness (QED) is 0.340. The van der Waals surface area contributed by atoms with Gasteiger partial charge < -0.3 is 15.4 Å². The third kappa shape index (κ3) is 7.19. The zero-order valence-electron chi connectivity index (χ0n) is 21.8. The Balaban J connectivity index is 1.11. The third-order valence-corrected chi connectivity index (χ3v) is 9.00. The van der Waals surface area contributed by atoms with Crippen LogP contribution in [0.5, 0.6) is 0 Å². The molecular weight excluding hydrogens is 500 g/mol. The fraction of sp³-hybridized carbons (Fsp3) is 0.500. The Morgan fingerprint density at radius 1 is 0.842 bits per heavy atom. The number of ether oxygens (including phenoxy) is 1. The van der Waals surface area contributed by atoms with Crippen molar-refractivity contribution >= 4 is 32.7 Å². The lowest BCUT2D eigenvalue weighted by molar-refractivity contribution is 0.0398. The predicted octanol–water partition coefficient (Wildman–Crippen LogP) is 3.57. The molecule has 2 aliphatic rings. The number of anilines is 2. The lowest BCUT2D eigenvalue weighted by Gasteiger charge is -2.28. The number of sulfonamides is 1. The molecule has 1 aliphatic heterocycles. The van der Waals surface area contributed by atoms with Gasteiger partial charge in [-0.05, 0) is 61.8 Å². The minimum absolute atomic E-state index is 0.322. The number of para-hydroxylation sites is 1. The van der Waals surface area contributed by atoms with Crippen LogP contribution >= 0.6 is 0 Å². The van der Waals surface area contributed by atoms with E-state index in [0.717, 1.165) is 88.3 Å². The fourth-order valence-corrected chi connectivity index (χ4v) is 6.37. The molecule has 0 spiro atoms. The molecule has 1 aliphatic carbocycles. The number of hydrogen-bond donors (Lipinski definition) is 3. The van der Waals surface area contributed by atoms with E-state index in [1.165, 1.54) is 0 Å². The van der Waals surface area contributed by atoms with Crippen molar-refractivity contribution in [2.75, 3.05) is 63.1 Å². The van der Waals surface area contributed by atoms with Crippen molar-refractivity contribution in [3.05, 3.63) is 54.6 Å². The first-order chi connectivity index (χ1) is 18.6. The van der Waals surface area contributed by atoms with Gasteiger partial charge in [0.05, 0.1) is 23.6 Å². The highest BCUT2D eigenvalue weighted by molar-refractivity contribution is 7.89. The molecule has 38 heavy (non-hydrogen) atoms. The highest BCUT2D eigenvalue weighted by Gasteiger charge is 2.23. The van der Waals surface area contributed by atoms with Gasteiger partial charge in [-0.3, -0.25) is 4.90 Å². The van der Waals surface area contributed by atoms with Gasteiger partial charge >= 0.3 is 0 Å². The van der Waals surface area contributed by atoms with Gasteiger partial charge in [0, 0.05) is 44.7 Å². The highest BCUT2D eigenvalue weighted by atomic mass is 32.2. The van der Waals surface area contributed by atoms with E-state index in [-0.39, 0.29) is 0 Å². The molecule has 1 saturated heterocycles. The summed E-state index contributed by atoms with van der Waals surface area (Å²) in [6, 6.07) is 16.7. The van der Waals surface area contributed by atoms with Gasteiger partial charge in [-0.15, -0.1) is 0 Å². The fourth-order valence-electron chi connectivity index (χ4n) is 5.23. The molecule has 0 unspecified atom stereocenters. The smallest absolute Gasteiger partial charge is 0.240 e. The van der Waals surface area contributed by atoms with Gasteiger partial charge in [0.2, 0.25) is 16.0 Å².